The minimum Gasteiger partial charge on any atom is -0.495 e. The van der Waals surface area contributed by atoms with Gasteiger partial charge in [-0.15, -0.1) is 0 Å². The summed E-state index contributed by atoms with van der Waals surface area (Å²) in [6.45, 7) is 1.05. The van der Waals surface area contributed by atoms with E-state index in [9.17, 15) is 10.1 Å². The molecule has 0 saturated heterocycles. The van der Waals surface area contributed by atoms with Gasteiger partial charge in [0.1, 0.15) is 27.2 Å². The number of aromatic amines is 1. The zero-order valence-electron chi connectivity index (χ0n) is 16.2. The Balaban J connectivity index is 1.73. The maximum absolute atomic E-state index is 11.4. The first-order chi connectivity index (χ1) is 14.5. The van der Waals surface area contributed by atoms with Gasteiger partial charge >= 0.3 is 0 Å². The molecule has 0 saturated carbocycles. The Morgan fingerprint density at radius 1 is 1.17 bits per heavy atom. The van der Waals surface area contributed by atoms with Gasteiger partial charge in [-0.2, -0.15) is 5.10 Å². The van der Waals surface area contributed by atoms with Crippen LogP contribution in [0.3, 0.4) is 0 Å². The fraction of sp³-hybridized carbons (Fsp3) is 0.250. The van der Waals surface area contributed by atoms with E-state index in [1.165, 1.54) is 20.3 Å². The first kappa shape index (κ1) is 20.3. The molecule has 0 atom stereocenters. The predicted molar refractivity (Wildman–Crippen MR) is 115 cm³/mol. The van der Waals surface area contributed by atoms with Crippen LogP contribution in [-0.2, 0) is 13.0 Å². The minimum absolute atomic E-state index is 0.0258. The van der Waals surface area contributed by atoms with E-state index >= 15 is 0 Å². The van der Waals surface area contributed by atoms with Gasteiger partial charge in [-0.25, -0.2) is 0 Å². The van der Waals surface area contributed by atoms with Crippen molar-refractivity contribution in [2.24, 2.45) is 0 Å². The van der Waals surface area contributed by atoms with Crippen LogP contribution in [0.4, 0.5) is 11.4 Å². The molecule has 156 valence electrons. The molecule has 30 heavy (non-hydrogen) atoms. The van der Waals surface area contributed by atoms with E-state index in [0.29, 0.717) is 58.0 Å². The zero-order valence-corrected chi connectivity index (χ0v) is 17.8. The summed E-state index contributed by atoms with van der Waals surface area (Å²) < 4.78 is 10.7. The molecule has 0 unspecified atom stereocenters. The van der Waals surface area contributed by atoms with E-state index in [-0.39, 0.29) is 5.69 Å². The molecule has 3 aromatic rings. The van der Waals surface area contributed by atoms with E-state index in [1.54, 1.807) is 24.3 Å². The van der Waals surface area contributed by atoms with Crippen LogP contribution in [0.15, 0.2) is 30.3 Å². The van der Waals surface area contributed by atoms with Gasteiger partial charge in [0.05, 0.1) is 42.6 Å². The summed E-state index contributed by atoms with van der Waals surface area (Å²) in [7, 11) is 3.06. The SMILES string of the molecule is COc1cc(OC)c(Cl)c(N2CCc3c(-c4ccccc4[N+](=O)[O-])n[nH]c3C2)c1Cl. The fourth-order valence-corrected chi connectivity index (χ4v) is 4.45. The summed E-state index contributed by atoms with van der Waals surface area (Å²) in [5, 5.41) is 19.6. The molecule has 1 N–H and O–H groups in total. The van der Waals surface area contributed by atoms with Gasteiger partial charge in [-0.05, 0) is 12.5 Å². The number of anilines is 1. The normalized spacial score (nSPS) is 13.1. The fourth-order valence-electron chi connectivity index (χ4n) is 3.71. The highest BCUT2D eigenvalue weighted by atomic mass is 35.5. The molecule has 4 rings (SSSR count). The van der Waals surface area contributed by atoms with E-state index in [1.807, 2.05) is 4.90 Å². The van der Waals surface area contributed by atoms with Crippen LogP contribution < -0.4 is 14.4 Å². The van der Waals surface area contributed by atoms with Crippen molar-refractivity contribution in [1.82, 2.24) is 10.2 Å². The summed E-state index contributed by atoms with van der Waals surface area (Å²) in [4.78, 5) is 13.0. The molecule has 2 aromatic carbocycles. The number of H-pyrrole nitrogens is 1. The largest absolute Gasteiger partial charge is 0.495 e. The smallest absolute Gasteiger partial charge is 0.278 e. The summed E-state index contributed by atoms with van der Waals surface area (Å²) in [5.74, 6) is 0.924. The van der Waals surface area contributed by atoms with Crippen molar-refractivity contribution in [3.63, 3.8) is 0 Å². The average molecular weight is 449 g/mol. The number of fused-ring (bicyclic) bond motifs is 1. The second kappa shape index (κ2) is 8.04. The van der Waals surface area contributed by atoms with Gasteiger partial charge in [-0.1, -0.05) is 35.3 Å². The molecule has 2 heterocycles. The summed E-state index contributed by atoms with van der Waals surface area (Å²) in [5.41, 5.74) is 3.52. The molecular formula is C20H18Cl2N4O4. The highest BCUT2D eigenvalue weighted by molar-refractivity contribution is 6.41. The minimum atomic E-state index is -0.395. The second-order valence-electron chi connectivity index (χ2n) is 6.73. The molecule has 0 amide bonds. The number of rotatable bonds is 5. The number of hydrogen-bond acceptors (Lipinski definition) is 6. The Hall–Kier alpha value is -2.97. The summed E-state index contributed by atoms with van der Waals surface area (Å²) >= 11 is 13.1. The van der Waals surface area contributed by atoms with Crippen LogP contribution >= 0.6 is 23.2 Å². The van der Waals surface area contributed by atoms with Crippen molar-refractivity contribution in [2.45, 2.75) is 13.0 Å². The molecule has 1 aliphatic heterocycles. The Labute approximate surface area is 182 Å². The van der Waals surface area contributed by atoms with Crippen molar-refractivity contribution in [2.75, 3.05) is 25.7 Å². The van der Waals surface area contributed by atoms with Crippen LogP contribution in [0.1, 0.15) is 11.3 Å². The Morgan fingerprint density at radius 3 is 2.47 bits per heavy atom. The van der Waals surface area contributed by atoms with Crippen LogP contribution in [0.25, 0.3) is 11.3 Å². The number of nitro groups is 1. The quantitative estimate of drug-likeness (QED) is 0.441. The van der Waals surface area contributed by atoms with E-state index in [2.05, 4.69) is 10.2 Å². The van der Waals surface area contributed by atoms with Crippen molar-refractivity contribution in [3.8, 4) is 22.8 Å². The van der Waals surface area contributed by atoms with Gasteiger partial charge in [-0.3, -0.25) is 15.2 Å². The molecule has 0 radical (unpaired) electrons. The van der Waals surface area contributed by atoms with Crippen LogP contribution in [0.5, 0.6) is 11.5 Å². The van der Waals surface area contributed by atoms with Crippen molar-refractivity contribution in [1.29, 1.82) is 0 Å². The number of hydrogen-bond donors (Lipinski definition) is 1. The lowest BCUT2D eigenvalue weighted by atomic mass is 9.98. The lowest BCUT2D eigenvalue weighted by Crippen LogP contribution is -2.31. The lowest BCUT2D eigenvalue weighted by molar-refractivity contribution is -0.384. The van der Waals surface area contributed by atoms with Crippen LogP contribution in [-0.4, -0.2) is 35.9 Å². The van der Waals surface area contributed by atoms with Crippen molar-refractivity contribution >= 4 is 34.6 Å². The van der Waals surface area contributed by atoms with Gasteiger partial charge in [0.15, 0.2) is 0 Å². The Morgan fingerprint density at radius 2 is 1.83 bits per heavy atom. The molecular weight excluding hydrogens is 431 g/mol. The molecule has 0 spiro atoms. The number of nitrogens with zero attached hydrogens (tertiary/aromatic N) is 3. The zero-order chi connectivity index (χ0) is 21.4. The first-order valence-corrected chi connectivity index (χ1v) is 9.86. The Kier molecular flexibility index (Phi) is 5.44. The van der Waals surface area contributed by atoms with Crippen LogP contribution in [0.2, 0.25) is 10.0 Å². The lowest BCUT2D eigenvalue weighted by Gasteiger charge is -2.31. The first-order valence-electron chi connectivity index (χ1n) is 9.11. The molecule has 0 aliphatic carbocycles. The molecule has 1 aromatic heterocycles. The maximum Gasteiger partial charge on any atom is 0.278 e. The number of nitro benzene ring substituents is 1. The number of aromatic nitrogens is 2. The maximum atomic E-state index is 11.4. The molecule has 8 nitrogen and oxygen atoms in total. The van der Waals surface area contributed by atoms with Gasteiger partial charge in [0.25, 0.3) is 5.69 Å². The molecule has 1 aliphatic rings. The van der Waals surface area contributed by atoms with Crippen molar-refractivity contribution in [3.05, 3.63) is 61.7 Å². The number of para-hydroxylation sites is 1. The highest BCUT2D eigenvalue weighted by Crippen LogP contribution is 2.47. The van der Waals surface area contributed by atoms with Crippen LogP contribution in [0, 0.1) is 10.1 Å². The van der Waals surface area contributed by atoms with Gasteiger partial charge < -0.3 is 14.4 Å². The van der Waals surface area contributed by atoms with E-state index in [0.717, 1.165) is 11.3 Å². The highest BCUT2D eigenvalue weighted by Gasteiger charge is 2.29. The number of methoxy groups -OCH3 is 2. The van der Waals surface area contributed by atoms with Gasteiger partial charge in [0.2, 0.25) is 0 Å². The second-order valence-corrected chi connectivity index (χ2v) is 7.49. The number of nitrogens with one attached hydrogen (secondary N) is 1. The van der Waals surface area contributed by atoms with E-state index < -0.39 is 4.92 Å². The monoisotopic (exact) mass is 448 g/mol. The Bertz CT molecular complexity index is 1100. The predicted octanol–water partition coefficient (Wildman–Crippen LogP) is 4.87. The topological polar surface area (TPSA) is 93.5 Å². The number of benzene rings is 2. The standard InChI is InChI=1S/C20H18Cl2N4O4/c1-29-15-9-16(30-2)18(22)20(17(15)21)25-8-7-11-13(10-25)23-24-19(11)12-5-3-4-6-14(12)26(27)28/h3-6,9H,7-8,10H2,1-2H3,(H,23,24). The average Bonchev–Trinajstić information content (AvgIpc) is 3.17. The molecule has 10 heteroatoms. The van der Waals surface area contributed by atoms with E-state index in [4.69, 9.17) is 32.7 Å². The number of ether oxygens (including phenoxy) is 2. The third kappa shape index (κ3) is 3.32. The van der Waals surface area contributed by atoms with Gasteiger partial charge in [0, 0.05) is 24.2 Å². The summed E-state index contributed by atoms with van der Waals surface area (Å²) in [6.07, 6.45) is 0.611. The third-order valence-corrected chi connectivity index (χ3v) is 5.89. The molecule has 0 fully saturated rings. The number of halogens is 2. The summed E-state index contributed by atoms with van der Waals surface area (Å²) in [6, 6.07) is 8.24. The molecule has 0 bridgehead atoms. The van der Waals surface area contributed by atoms with Crippen molar-refractivity contribution < 1.29 is 14.4 Å². The third-order valence-electron chi connectivity index (χ3n) is 5.16.